The first-order valence-corrected chi connectivity index (χ1v) is 8.89. The largest absolute Gasteiger partial charge is 0.461 e. The lowest BCUT2D eigenvalue weighted by Crippen LogP contribution is -2.29. The van der Waals surface area contributed by atoms with Gasteiger partial charge >= 0.3 is 11.9 Å². The Morgan fingerprint density at radius 3 is 2.12 bits per heavy atom. The quantitative estimate of drug-likeness (QED) is 0.829. The Morgan fingerprint density at radius 1 is 0.960 bits per heavy atom. The van der Waals surface area contributed by atoms with Gasteiger partial charge in [-0.2, -0.15) is 0 Å². The van der Waals surface area contributed by atoms with Gasteiger partial charge in [0.1, 0.15) is 18.1 Å². The predicted molar refractivity (Wildman–Crippen MR) is 94.4 cm³/mol. The Balaban J connectivity index is 1.58. The van der Waals surface area contributed by atoms with Crippen molar-refractivity contribution in [2.24, 2.45) is 0 Å². The number of aliphatic hydroxyl groups is 1. The molecule has 1 aliphatic rings. The Morgan fingerprint density at radius 2 is 1.52 bits per heavy atom. The summed E-state index contributed by atoms with van der Waals surface area (Å²) in [5.41, 5.74) is 0.270. The molecular weight excluding hydrogens is 340 g/mol. The molecule has 0 aliphatic carbocycles. The van der Waals surface area contributed by atoms with Crippen molar-refractivity contribution in [1.82, 2.24) is 0 Å². The molecule has 1 aliphatic heterocycles. The second kappa shape index (κ2) is 8.18. The molecule has 1 saturated heterocycles. The number of ether oxygens (including phenoxy) is 2. The molecule has 2 aromatic rings. The third kappa shape index (κ3) is 4.61. The van der Waals surface area contributed by atoms with E-state index in [4.69, 9.17) is 9.47 Å². The van der Waals surface area contributed by atoms with Crippen LogP contribution in [0.2, 0.25) is 0 Å². The van der Waals surface area contributed by atoms with Crippen LogP contribution in [-0.2, 0) is 9.47 Å². The van der Waals surface area contributed by atoms with Crippen molar-refractivity contribution >= 4 is 23.7 Å². The summed E-state index contributed by atoms with van der Waals surface area (Å²) in [5.74, 6) is -0.879. The van der Waals surface area contributed by atoms with Gasteiger partial charge in [-0.15, -0.1) is 11.8 Å². The molecule has 5 nitrogen and oxygen atoms in total. The summed E-state index contributed by atoms with van der Waals surface area (Å²) in [6.07, 6.45) is -0.187. The Hall–Kier alpha value is -2.31. The molecule has 0 saturated carbocycles. The van der Waals surface area contributed by atoms with Crippen molar-refractivity contribution in [1.29, 1.82) is 0 Å². The zero-order valence-corrected chi connectivity index (χ0v) is 14.2. The molecule has 1 N–H and O–H groups in total. The standard InChI is InChI=1S/C19H18O5S/c20-17-11-15(24-19(22)14-9-5-2-6-10-14)16(25-17)12-23-18(21)13-7-3-1-4-8-13/h1-10,15-17,20H,11-12H2/t15-,16-,17?/m0/s1. The van der Waals surface area contributed by atoms with Gasteiger partial charge in [0.25, 0.3) is 0 Å². The van der Waals surface area contributed by atoms with E-state index in [1.807, 2.05) is 12.1 Å². The highest BCUT2D eigenvalue weighted by Gasteiger charge is 2.38. The molecule has 6 heteroatoms. The first kappa shape index (κ1) is 17.5. The normalized spacial score (nSPS) is 22.4. The van der Waals surface area contributed by atoms with Crippen LogP contribution in [0.4, 0.5) is 0 Å². The fraction of sp³-hybridized carbons (Fsp3) is 0.263. The highest BCUT2D eigenvalue weighted by Crippen LogP contribution is 2.35. The van der Waals surface area contributed by atoms with E-state index in [0.29, 0.717) is 17.5 Å². The first-order valence-electron chi connectivity index (χ1n) is 7.95. The highest BCUT2D eigenvalue weighted by atomic mass is 32.2. The third-order valence-corrected chi connectivity index (χ3v) is 5.13. The number of carbonyl (C=O) groups excluding carboxylic acids is 2. The van der Waals surface area contributed by atoms with Gasteiger partial charge in [0.05, 0.1) is 16.4 Å². The van der Waals surface area contributed by atoms with Gasteiger partial charge in [-0.1, -0.05) is 36.4 Å². The second-order valence-corrected chi connectivity index (χ2v) is 7.06. The highest BCUT2D eigenvalue weighted by molar-refractivity contribution is 8.00. The maximum atomic E-state index is 12.2. The smallest absolute Gasteiger partial charge is 0.338 e. The number of hydrogen-bond acceptors (Lipinski definition) is 6. The van der Waals surface area contributed by atoms with Gasteiger partial charge in [-0.05, 0) is 24.3 Å². The minimum absolute atomic E-state index is 0.0716. The van der Waals surface area contributed by atoms with E-state index in [2.05, 4.69) is 0 Å². The van der Waals surface area contributed by atoms with E-state index in [1.54, 1.807) is 48.5 Å². The molecule has 1 fully saturated rings. The van der Waals surface area contributed by atoms with E-state index in [0.717, 1.165) is 0 Å². The molecule has 25 heavy (non-hydrogen) atoms. The molecule has 3 rings (SSSR count). The zero-order valence-electron chi connectivity index (χ0n) is 13.4. The number of aliphatic hydroxyl groups excluding tert-OH is 1. The fourth-order valence-electron chi connectivity index (χ4n) is 2.56. The van der Waals surface area contributed by atoms with Crippen LogP contribution in [0.1, 0.15) is 27.1 Å². The molecule has 0 bridgehead atoms. The Bertz CT molecular complexity index is 719. The maximum Gasteiger partial charge on any atom is 0.338 e. The summed E-state index contributed by atoms with van der Waals surface area (Å²) in [7, 11) is 0. The number of rotatable bonds is 5. The number of esters is 2. The van der Waals surface area contributed by atoms with Crippen LogP contribution in [0.25, 0.3) is 0 Å². The lowest BCUT2D eigenvalue weighted by Gasteiger charge is -2.19. The summed E-state index contributed by atoms with van der Waals surface area (Å²) in [5, 5.41) is 9.57. The van der Waals surface area contributed by atoms with Gasteiger partial charge in [-0.3, -0.25) is 0 Å². The molecule has 130 valence electrons. The molecule has 0 spiro atoms. The Kier molecular flexibility index (Phi) is 5.73. The van der Waals surface area contributed by atoms with E-state index < -0.39 is 23.5 Å². The van der Waals surface area contributed by atoms with E-state index in [-0.39, 0.29) is 11.9 Å². The second-order valence-electron chi connectivity index (χ2n) is 5.64. The van der Waals surface area contributed by atoms with Crippen LogP contribution >= 0.6 is 11.8 Å². The third-order valence-electron chi connectivity index (χ3n) is 3.84. The number of benzene rings is 2. The monoisotopic (exact) mass is 358 g/mol. The van der Waals surface area contributed by atoms with Gasteiger partial charge in [0, 0.05) is 6.42 Å². The predicted octanol–water partition coefficient (Wildman–Crippen LogP) is 2.89. The summed E-state index contributed by atoms with van der Waals surface area (Å²) in [6.45, 7) is 0.0716. The first-order chi connectivity index (χ1) is 12.1. The van der Waals surface area contributed by atoms with Crippen LogP contribution < -0.4 is 0 Å². The Labute approximate surface area is 150 Å². The van der Waals surface area contributed by atoms with Crippen molar-refractivity contribution in [3.05, 3.63) is 71.8 Å². The molecule has 0 radical (unpaired) electrons. The fourth-order valence-corrected chi connectivity index (χ4v) is 3.75. The minimum Gasteiger partial charge on any atom is -0.461 e. The van der Waals surface area contributed by atoms with E-state index in [9.17, 15) is 14.7 Å². The van der Waals surface area contributed by atoms with Crippen LogP contribution in [0, 0.1) is 0 Å². The van der Waals surface area contributed by atoms with E-state index in [1.165, 1.54) is 11.8 Å². The molecule has 2 aromatic carbocycles. The van der Waals surface area contributed by atoms with Gasteiger partial charge in [-0.25, -0.2) is 9.59 Å². The molecule has 0 amide bonds. The topological polar surface area (TPSA) is 72.8 Å². The number of thioether (sulfide) groups is 1. The van der Waals surface area contributed by atoms with Crippen molar-refractivity contribution in [2.45, 2.75) is 23.2 Å². The molecule has 1 unspecified atom stereocenters. The average molecular weight is 358 g/mol. The maximum absolute atomic E-state index is 12.2. The zero-order chi connectivity index (χ0) is 17.6. The summed E-state index contributed by atoms with van der Waals surface area (Å²) < 4.78 is 10.8. The minimum atomic E-state index is -0.644. The number of carbonyl (C=O) groups is 2. The van der Waals surface area contributed by atoms with Gasteiger partial charge < -0.3 is 14.6 Å². The summed E-state index contributed by atoms with van der Waals surface area (Å²) in [4.78, 5) is 24.2. The van der Waals surface area contributed by atoms with Crippen LogP contribution in [0.15, 0.2) is 60.7 Å². The van der Waals surface area contributed by atoms with Gasteiger partial charge in [0.15, 0.2) is 0 Å². The van der Waals surface area contributed by atoms with Crippen molar-refractivity contribution < 1.29 is 24.2 Å². The van der Waals surface area contributed by atoms with Crippen molar-refractivity contribution in [3.8, 4) is 0 Å². The molecule has 0 aromatic heterocycles. The van der Waals surface area contributed by atoms with Crippen molar-refractivity contribution in [3.63, 3.8) is 0 Å². The van der Waals surface area contributed by atoms with Gasteiger partial charge in [0.2, 0.25) is 0 Å². The average Bonchev–Trinajstić information content (AvgIpc) is 3.00. The van der Waals surface area contributed by atoms with Crippen molar-refractivity contribution in [2.75, 3.05) is 6.61 Å². The lowest BCUT2D eigenvalue weighted by atomic mass is 10.2. The molecular formula is C19H18O5S. The molecule has 1 heterocycles. The van der Waals surface area contributed by atoms with Crippen LogP contribution in [0.5, 0.6) is 0 Å². The van der Waals surface area contributed by atoms with Crippen LogP contribution in [0.3, 0.4) is 0 Å². The number of hydrogen-bond donors (Lipinski definition) is 1. The van der Waals surface area contributed by atoms with E-state index >= 15 is 0 Å². The molecule has 3 atom stereocenters. The summed E-state index contributed by atoms with van der Waals surface area (Å²) in [6, 6.07) is 17.4. The van der Waals surface area contributed by atoms with Crippen LogP contribution in [-0.4, -0.2) is 40.4 Å². The SMILES string of the molecule is O=C(OC[C@@H]1SC(O)C[C@@H]1OC(=O)c1ccccc1)c1ccccc1. The summed E-state index contributed by atoms with van der Waals surface area (Å²) >= 11 is 1.25. The lowest BCUT2D eigenvalue weighted by molar-refractivity contribution is 0.0178.